The Morgan fingerprint density at radius 1 is 1.05 bits per heavy atom. The highest BCUT2D eigenvalue weighted by molar-refractivity contribution is 7.12. The van der Waals surface area contributed by atoms with E-state index in [2.05, 4.69) is 35.8 Å². The lowest BCUT2D eigenvalue weighted by Gasteiger charge is -2.22. The molecular weight excluding hydrogens is 250 g/mol. The molecular formula is C17H25NS. The largest absolute Gasteiger partial charge is 0.309 e. The van der Waals surface area contributed by atoms with Gasteiger partial charge in [-0.25, -0.2) is 0 Å². The summed E-state index contributed by atoms with van der Waals surface area (Å²) in [5, 5.41) is 3.55. The third-order valence-corrected chi connectivity index (χ3v) is 5.84. The lowest BCUT2D eigenvalue weighted by atomic mass is 9.93. The Morgan fingerprint density at radius 3 is 2.68 bits per heavy atom. The standard InChI is InChI=1S/C17H25NS/c1-18-17(13-8-4-2-5-9-13)16-12-14-10-6-3-7-11-15(14)19-16/h8,12,17-18H,2-7,9-11H2,1H3. The highest BCUT2D eigenvalue weighted by Crippen LogP contribution is 2.37. The van der Waals surface area contributed by atoms with Crippen molar-refractivity contribution in [3.05, 3.63) is 33.0 Å². The lowest BCUT2D eigenvalue weighted by molar-refractivity contribution is 0.599. The Bertz CT molecular complexity index is 434. The molecule has 0 aliphatic heterocycles. The second-order valence-corrected chi connectivity index (χ2v) is 7.07. The molecule has 0 amide bonds. The summed E-state index contributed by atoms with van der Waals surface area (Å²) >= 11 is 2.07. The Labute approximate surface area is 121 Å². The van der Waals surface area contributed by atoms with Crippen molar-refractivity contribution in [1.29, 1.82) is 0 Å². The molecule has 0 saturated carbocycles. The minimum absolute atomic E-state index is 0.484. The number of thiophene rings is 1. The minimum Gasteiger partial charge on any atom is -0.309 e. The van der Waals surface area contributed by atoms with Crippen LogP contribution < -0.4 is 5.32 Å². The van der Waals surface area contributed by atoms with Gasteiger partial charge in [-0.3, -0.25) is 0 Å². The third-order valence-electron chi connectivity index (χ3n) is 4.54. The second kappa shape index (κ2) is 6.23. The van der Waals surface area contributed by atoms with Crippen molar-refractivity contribution in [2.24, 2.45) is 0 Å². The van der Waals surface area contributed by atoms with E-state index in [1.807, 2.05) is 0 Å². The van der Waals surface area contributed by atoms with E-state index in [1.54, 1.807) is 20.9 Å². The van der Waals surface area contributed by atoms with Crippen molar-refractivity contribution >= 4 is 11.3 Å². The molecule has 1 N–H and O–H groups in total. The number of hydrogen-bond acceptors (Lipinski definition) is 2. The first-order chi connectivity index (χ1) is 9.38. The molecule has 1 heterocycles. The SMILES string of the molecule is CNC(C1=CCCCC1)c1cc2c(s1)CCCCC2. The van der Waals surface area contributed by atoms with Crippen LogP contribution in [0.1, 0.15) is 66.3 Å². The van der Waals surface area contributed by atoms with Crippen molar-refractivity contribution in [2.45, 2.75) is 63.8 Å². The quantitative estimate of drug-likeness (QED) is 0.618. The molecule has 104 valence electrons. The molecule has 2 heteroatoms. The van der Waals surface area contributed by atoms with E-state index in [0.29, 0.717) is 6.04 Å². The summed E-state index contributed by atoms with van der Waals surface area (Å²) in [5.41, 5.74) is 3.28. The first kappa shape index (κ1) is 13.4. The molecule has 1 aromatic heterocycles. The summed E-state index contributed by atoms with van der Waals surface area (Å²) in [6.07, 6.45) is 14.6. The molecule has 1 unspecified atom stereocenters. The van der Waals surface area contributed by atoms with E-state index < -0.39 is 0 Å². The lowest BCUT2D eigenvalue weighted by Crippen LogP contribution is -2.18. The molecule has 3 rings (SSSR count). The van der Waals surface area contributed by atoms with Crippen LogP contribution in [0, 0.1) is 0 Å². The van der Waals surface area contributed by atoms with Gasteiger partial charge < -0.3 is 5.32 Å². The first-order valence-electron chi connectivity index (χ1n) is 7.86. The highest BCUT2D eigenvalue weighted by Gasteiger charge is 2.21. The number of likely N-dealkylation sites (N-methyl/N-ethyl adjacent to an activating group) is 1. The molecule has 0 saturated heterocycles. The summed E-state index contributed by atoms with van der Waals surface area (Å²) in [7, 11) is 2.12. The zero-order chi connectivity index (χ0) is 13.1. The van der Waals surface area contributed by atoms with Crippen LogP contribution in [0.25, 0.3) is 0 Å². The Hall–Kier alpha value is -0.600. The summed E-state index contributed by atoms with van der Waals surface area (Å²) < 4.78 is 0. The Kier molecular flexibility index (Phi) is 4.39. The van der Waals surface area contributed by atoms with Gasteiger partial charge in [-0.1, -0.05) is 18.1 Å². The predicted molar refractivity (Wildman–Crippen MR) is 83.9 cm³/mol. The van der Waals surface area contributed by atoms with Gasteiger partial charge in [0.05, 0.1) is 6.04 Å². The van der Waals surface area contributed by atoms with Gasteiger partial charge in [0, 0.05) is 9.75 Å². The maximum absolute atomic E-state index is 3.55. The smallest absolute Gasteiger partial charge is 0.0628 e. The van der Waals surface area contributed by atoms with Crippen LogP contribution in [0.5, 0.6) is 0 Å². The maximum atomic E-state index is 3.55. The maximum Gasteiger partial charge on any atom is 0.0628 e. The zero-order valence-corrected chi connectivity index (χ0v) is 12.8. The van der Waals surface area contributed by atoms with Crippen molar-refractivity contribution in [1.82, 2.24) is 5.32 Å². The molecule has 0 spiro atoms. The second-order valence-electron chi connectivity index (χ2n) is 5.90. The highest BCUT2D eigenvalue weighted by atomic mass is 32.1. The summed E-state index contributed by atoms with van der Waals surface area (Å²) in [4.78, 5) is 3.23. The summed E-state index contributed by atoms with van der Waals surface area (Å²) in [6, 6.07) is 2.99. The van der Waals surface area contributed by atoms with E-state index >= 15 is 0 Å². The molecule has 19 heavy (non-hydrogen) atoms. The Balaban J connectivity index is 1.85. The van der Waals surface area contributed by atoms with Gasteiger partial charge in [-0.05, 0) is 70.0 Å². The van der Waals surface area contributed by atoms with Crippen molar-refractivity contribution in [2.75, 3.05) is 7.05 Å². The van der Waals surface area contributed by atoms with Crippen LogP contribution in [-0.4, -0.2) is 7.05 Å². The number of nitrogens with one attached hydrogen (secondary N) is 1. The fourth-order valence-electron chi connectivity index (χ4n) is 3.47. The van der Waals surface area contributed by atoms with Crippen LogP contribution in [0.4, 0.5) is 0 Å². The van der Waals surface area contributed by atoms with Gasteiger partial charge in [-0.2, -0.15) is 0 Å². The number of rotatable bonds is 3. The number of hydrogen-bond donors (Lipinski definition) is 1. The summed E-state index contributed by atoms with van der Waals surface area (Å²) in [6.45, 7) is 0. The molecule has 0 fully saturated rings. The molecule has 1 aromatic rings. The molecule has 0 bridgehead atoms. The first-order valence-corrected chi connectivity index (χ1v) is 8.68. The van der Waals surface area contributed by atoms with Crippen molar-refractivity contribution in [3.63, 3.8) is 0 Å². The van der Waals surface area contributed by atoms with Crippen LogP contribution in [-0.2, 0) is 12.8 Å². The Morgan fingerprint density at radius 2 is 1.89 bits per heavy atom. The number of aryl methyl sites for hydroxylation is 2. The predicted octanol–water partition coefficient (Wildman–Crippen LogP) is 4.78. The molecule has 1 atom stereocenters. The topological polar surface area (TPSA) is 12.0 Å². The average Bonchev–Trinajstić information content (AvgIpc) is 2.71. The van der Waals surface area contributed by atoms with E-state index in [-0.39, 0.29) is 0 Å². The van der Waals surface area contributed by atoms with Gasteiger partial charge in [0.15, 0.2) is 0 Å². The fraction of sp³-hybridized carbons (Fsp3) is 0.647. The average molecular weight is 275 g/mol. The normalized spacial score (nSPS) is 21.4. The van der Waals surface area contributed by atoms with Gasteiger partial charge >= 0.3 is 0 Å². The summed E-state index contributed by atoms with van der Waals surface area (Å²) in [5.74, 6) is 0. The van der Waals surface area contributed by atoms with E-state index in [4.69, 9.17) is 0 Å². The number of allylic oxidation sites excluding steroid dienone is 1. The number of fused-ring (bicyclic) bond motifs is 1. The van der Waals surface area contributed by atoms with Gasteiger partial charge in [0.25, 0.3) is 0 Å². The van der Waals surface area contributed by atoms with E-state index in [9.17, 15) is 0 Å². The monoisotopic (exact) mass is 275 g/mol. The molecule has 1 nitrogen and oxygen atoms in total. The van der Waals surface area contributed by atoms with Crippen LogP contribution >= 0.6 is 11.3 Å². The zero-order valence-electron chi connectivity index (χ0n) is 12.0. The fourth-order valence-corrected chi connectivity index (χ4v) is 4.88. The van der Waals surface area contributed by atoms with Gasteiger partial charge in [0.1, 0.15) is 0 Å². The van der Waals surface area contributed by atoms with Gasteiger partial charge in [-0.15, -0.1) is 11.3 Å². The molecule has 0 aromatic carbocycles. The van der Waals surface area contributed by atoms with Gasteiger partial charge in [0.2, 0.25) is 0 Å². The van der Waals surface area contributed by atoms with Crippen LogP contribution in [0.15, 0.2) is 17.7 Å². The van der Waals surface area contributed by atoms with Crippen LogP contribution in [0.2, 0.25) is 0 Å². The van der Waals surface area contributed by atoms with Crippen molar-refractivity contribution < 1.29 is 0 Å². The van der Waals surface area contributed by atoms with Crippen molar-refractivity contribution in [3.8, 4) is 0 Å². The molecule has 2 aliphatic rings. The minimum atomic E-state index is 0.484. The third kappa shape index (κ3) is 2.95. The van der Waals surface area contributed by atoms with E-state index in [1.165, 1.54) is 57.8 Å². The van der Waals surface area contributed by atoms with E-state index in [0.717, 1.165) is 0 Å². The molecule has 0 radical (unpaired) electrons. The van der Waals surface area contributed by atoms with Crippen LogP contribution in [0.3, 0.4) is 0 Å². The molecule has 2 aliphatic carbocycles.